The van der Waals surface area contributed by atoms with E-state index in [2.05, 4.69) is 15.6 Å². The predicted molar refractivity (Wildman–Crippen MR) is 111 cm³/mol. The first kappa shape index (κ1) is 18.2. The number of hydrogen-bond donors (Lipinski definition) is 2. The molecule has 0 atom stereocenters. The molecule has 4 rings (SSSR count). The molecule has 0 saturated heterocycles. The Morgan fingerprint density at radius 3 is 2.57 bits per heavy atom. The summed E-state index contributed by atoms with van der Waals surface area (Å²) in [4.78, 5) is 29.0. The van der Waals surface area contributed by atoms with Gasteiger partial charge in [0.15, 0.2) is 5.78 Å². The summed E-state index contributed by atoms with van der Waals surface area (Å²) >= 11 is 6.02. The van der Waals surface area contributed by atoms with Crippen molar-refractivity contribution in [3.63, 3.8) is 0 Å². The second-order valence-corrected chi connectivity index (χ2v) is 6.96. The van der Waals surface area contributed by atoms with Crippen molar-refractivity contribution in [2.45, 2.75) is 6.42 Å². The highest BCUT2D eigenvalue weighted by atomic mass is 35.5. The van der Waals surface area contributed by atoms with Gasteiger partial charge in [0.2, 0.25) is 5.78 Å². The lowest BCUT2D eigenvalue weighted by atomic mass is 9.93. The summed E-state index contributed by atoms with van der Waals surface area (Å²) in [6.45, 7) is 1.29. The molecule has 1 heterocycles. The largest absolute Gasteiger partial charge is 0.384 e. The zero-order valence-electron chi connectivity index (χ0n) is 15.0. The number of carbonyl (C=O) groups excluding carboxylic acids is 2. The highest BCUT2D eigenvalue weighted by Gasteiger charge is 2.24. The molecular formula is C22H18ClN3O2. The molecule has 28 heavy (non-hydrogen) atoms. The van der Waals surface area contributed by atoms with E-state index in [1.807, 2.05) is 24.3 Å². The van der Waals surface area contributed by atoms with Crippen LogP contribution in [-0.4, -0.2) is 29.6 Å². The Labute approximate surface area is 167 Å². The van der Waals surface area contributed by atoms with Gasteiger partial charge in [-0.05, 0) is 30.7 Å². The summed E-state index contributed by atoms with van der Waals surface area (Å²) in [5, 5.41) is 8.14. The summed E-state index contributed by atoms with van der Waals surface area (Å²) in [6, 6.07) is 14.4. The van der Waals surface area contributed by atoms with Crippen LogP contribution >= 0.6 is 11.6 Å². The van der Waals surface area contributed by atoms with Crippen molar-refractivity contribution in [1.29, 1.82) is 0 Å². The second kappa shape index (κ2) is 7.82. The van der Waals surface area contributed by atoms with Gasteiger partial charge in [-0.25, -0.2) is 0 Å². The Morgan fingerprint density at radius 2 is 1.71 bits per heavy atom. The molecule has 0 bridgehead atoms. The lowest BCUT2D eigenvalue weighted by molar-refractivity contribution is 0.0978. The van der Waals surface area contributed by atoms with Crippen LogP contribution in [0.4, 0.5) is 5.69 Å². The third kappa shape index (κ3) is 3.62. The number of aromatic nitrogens is 1. The average Bonchev–Trinajstić information content (AvgIpc) is 2.71. The average molecular weight is 392 g/mol. The van der Waals surface area contributed by atoms with Crippen LogP contribution in [0.5, 0.6) is 0 Å². The fourth-order valence-electron chi connectivity index (χ4n) is 3.26. The topological polar surface area (TPSA) is 71.1 Å². The van der Waals surface area contributed by atoms with E-state index in [1.165, 1.54) is 6.08 Å². The van der Waals surface area contributed by atoms with Crippen molar-refractivity contribution in [3.8, 4) is 0 Å². The SMILES string of the molecule is O=C1C=C(NCCCNc2ccnc3cc(Cl)ccc23)C(=O)c2ccccc21. The third-order valence-electron chi connectivity index (χ3n) is 4.65. The number of Topliss-reactive ketones (excluding diaryl/α,β-unsaturated/α-hetero) is 1. The first-order chi connectivity index (χ1) is 13.6. The van der Waals surface area contributed by atoms with Gasteiger partial charge in [0.25, 0.3) is 0 Å². The summed E-state index contributed by atoms with van der Waals surface area (Å²) in [6.07, 6.45) is 3.91. The number of rotatable bonds is 6. The molecule has 0 saturated carbocycles. The first-order valence-electron chi connectivity index (χ1n) is 9.05. The molecule has 2 N–H and O–H groups in total. The molecule has 3 aromatic rings. The maximum absolute atomic E-state index is 12.5. The van der Waals surface area contributed by atoms with Crippen molar-refractivity contribution >= 4 is 39.8 Å². The molecule has 6 heteroatoms. The third-order valence-corrected chi connectivity index (χ3v) is 4.88. The molecule has 0 spiro atoms. The molecule has 2 aromatic carbocycles. The van der Waals surface area contributed by atoms with Crippen LogP contribution in [0.3, 0.4) is 0 Å². The van der Waals surface area contributed by atoms with Gasteiger partial charge in [0.05, 0.1) is 11.2 Å². The number of benzene rings is 2. The second-order valence-electron chi connectivity index (χ2n) is 6.52. The zero-order chi connectivity index (χ0) is 19.5. The van der Waals surface area contributed by atoms with E-state index in [9.17, 15) is 9.59 Å². The summed E-state index contributed by atoms with van der Waals surface area (Å²) in [7, 11) is 0. The van der Waals surface area contributed by atoms with E-state index in [0.29, 0.717) is 34.9 Å². The summed E-state index contributed by atoms with van der Waals surface area (Å²) in [5.41, 5.74) is 3.10. The molecule has 1 aromatic heterocycles. The monoisotopic (exact) mass is 391 g/mol. The number of nitrogens with zero attached hydrogens (tertiary/aromatic N) is 1. The van der Waals surface area contributed by atoms with Crippen LogP contribution < -0.4 is 10.6 Å². The number of anilines is 1. The van der Waals surface area contributed by atoms with E-state index in [1.54, 1.807) is 30.5 Å². The van der Waals surface area contributed by atoms with E-state index < -0.39 is 0 Å². The maximum Gasteiger partial charge on any atom is 0.209 e. The highest BCUT2D eigenvalue weighted by molar-refractivity contribution is 6.31. The minimum absolute atomic E-state index is 0.139. The molecule has 5 nitrogen and oxygen atoms in total. The molecule has 0 unspecified atom stereocenters. The van der Waals surface area contributed by atoms with Gasteiger partial charge in [-0.15, -0.1) is 0 Å². The minimum Gasteiger partial charge on any atom is -0.384 e. The van der Waals surface area contributed by atoms with Gasteiger partial charge in [-0.3, -0.25) is 14.6 Å². The minimum atomic E-state index is -0.141. The van der Waals surface area contributed by atoms with E-state index in [-0.39, 0.29) is 11.6 Å². The molecule has 1 aliphatic carbocycles. The summed E-state index contributed by atoms with van der Waals surface area (Å²) < 4.78 is 0. The lowest BCUT2D eigenvalue weighted by Gasteiger charge is -2.16. The molecule has 140 valence electrons. The number of halogens is 1. The highest BCUT2D eigenvalue weighted by Crippen LogP contribution is 2.24. The van der Waals surface area contributed by atoms with Crippen molar-refractivity contribution < 1.29 is 9.59 Å². The molecule has 0 amide bonds. The summed E-state index contributed by atoms with van der Waals surface area (Å²) in [5.74, 6) is -0.280. The number of pyridine rings is 1. The van der Waals surface area contributed by atoms with E-state index >= 15 is 0 Å². The fraction of sp³-hybridized carbons (Fsp3) is 0.136. The first-order valence-corrected chi connectivity index (χ1v) is 9.43. The number of carbonyl (C=O) groups is 2. The van der Waals surface area contributed by atoms with Crippen LogP contribution in [0.2, 0.25) is 5.02 Å². The van der Waals surface area contributed by atoms with Crippen LogP contribution in [0, 0.1) is 0 Å². The van der Waals surface area contributed by atoms with Crippen molar-refractivity contribution in [1.82, 2.24) is 10.3 Å². The Hall–Kier alpha value is -3.18. The van der Waals surface area contributed by atoms with E-state index in [0.717, 1.165) is 23.0 Å². The van der Waals surface area contributed by atoms with Gasteiger partial charge in [0, 0.05) is 52.6 Å². The van der Waals surface area contributed by atoms with Crippen LogP contribution in [0.1, 0.15) is 27.1 Å². The zero-order valence-corrected chi connectivity index (χ0v) is 15.8. The standard InChI is InChI=1S/C22H18ClN3O2/c23-14-6-7-17-18(8-11-26-19(17)12-14)24-9-3-10-25-20-13-21(27)15-4-1-2-5-16(15)22(20)28/h1-2,4-8,11-13,25H,3,9-10H2,(H,24,26). The molecular weight excluding hydrogens is 374 g/mol. The normalized spacial score (nSPS) is 13.2. The van der Waals surface area contributed by atoms with Crippen LogP contribution in [0.25, 0.3) is 10.9 Å². The number of hydrogen-bond acceptors (Lipinski definition) is 5. The maximum atomic E-state index is 12.5. The number of allylic oxidation sites excluding steroid dienone is 2. The Bertz CT molecular complexity index is 1110. The van der Waals surface area contributed by atoms with Crippen molar-refractivity contribution in [3.05, 3.63) is 82.7 Å². The Balaban J connectivity index is 1.34. The van der Waals surface area contributed by atoms with Gasteiger partial charge in [-0.2, -0.15) is 0 Å². The Morgan fingerprint density at radius 1 is 0.929 bits per heavy atom. The van der Waals surface area contributed by atoms with Gasteiger partial charge in [-0.1, -0.05) is 35.9 Å². The Kier molecular flexibility index (Phi) is 5.08. The van der Waals surface area contributed by atoms with Crippen LogP contribution in [-0.2, 0) is 0 Å². The van der Waals surface area contributed by atoms with Crippen LogP contribution in [0.15, 0.2) is 66.5 Å². The van der Waals surface area contributed by atoms with Crippen molar-refractivity contribution in [2.24, 2.45) is 0 Å². The fourth-order valence-corrected chi connectivity index (χ4v) is 3.42. The molecule has 0 radical (unpaired) electrons. The van der Waals surface area contributed by atoms with Gasteiger partial charge >= 0.3 is 0 Å². The lowest BCUT2D eigenvalue weighted by Crippen LogP contribution is -2.28. The smallest absolute Gasteiger partial charge is 0.209 e. The quantitative estimate of drug-likeness (QED) is 0.615. The number of ketones is 2. The number of nitrogens with one attached hydrogen (secondary N) is 2. The molecule has 0 aliphatic heterocycles. The molecule has 0 fully saturated rings. The van der Waals surface area contributed by atoms with E-state index in [4.69, 9.17) is 11.6 Å². The predicted octanol–water partition coefficient (Wildman–Crippen LogP) is 4.24. The molecule has 1 aliphatic rings. The van der Waals surface area contributed by atoms with Gasteiger partial charge < -0.3 is 10.6 Å². The van der Waals surface area contributed by atoms with Gasteiger partial charge in [0.1, 0.15) is 0 Å². The van der Waals surface area contributed by atoms with Crippen molar-refractivity contribution in [2.75, 3.05) is 18.4 Å². The number of fused-ring (bicyclic) bond motifs is 2.